The van der Waals surface area contributed by atoms with Crippen LogP contribution in [0.25, 0.3) is 0 Å². The lowest BCUT2D eigenvalue weighted by Crippen LogP contribution is -2.44. The maximum absolute atomic E-state index is 3.70. The van der Waals surface area contributed by atoms with Gasteiger partial charge in [-0.2, -0.15) is 0 Å². The normalized spacial score (nSPS) is 18.2. The van der Waals surface area contributed by atoms with Crippen LogP contribution in [0.2, 0.25) is 0 Å². The minimum atomic E-state index is 0.438. The predicted octanol–water partition coefficient (Wildman–Crippen LogP) is 3.91. The van der Waals surface area contributed by atoms with Crippen molar-refractivity contribution < 1.29 is 0 Å². The van der Waals surface area contributed by atoms with Crippen molar-refractivity contribution >= 4 is 0 Å². The molecule has 1 N–H and O–H groups in total. The summed E-state index contributed by atoms with van der Waals surface area (Å²) in [6.45, 7) is 11.3. The van der Waals surface area contributed by atoms with E-state index in [1.54, 1.807) is 0 Å². The van der Waals surface area contributed by atoms with Crippen molar-refractivity contribution in [3.63, 3.8) is 0 Å². The van der Waals surface area contributed by atoms with Gasteiger partial charge in [-0.1, -0.05) is 43.7 Å². The molecule has 0 bridgehead atoms. The molecule has 112 valence electrons. The Morgan fingerprint density at radius 2 is 1.85 bits per heavy atom. The maximum Gasteiger partial charge on any atom is 0.0475 e. The summed E-state index contributed by atoms with van der Waals surface area (Å²) in [6.07, 6.45) is 4.02. The van der Waals surface area contributed by atoms with Crippen LogP contribution in [-0.2, 0) is 0 Å². The Hall–Kier alpha value is -0.860. The molecule has 20 heavy (non-hydrogen) atoms. The Bertz CT molecular complexity index is 394. The molecule has 0 saturated heterocycles. The molecule has 1 aromatic carbocycles. The van der Waals surface area contributed by atoms with Crippen LogP contribution in [0.4, 0.5) is 0 Å². The van der Waals surface area contributed by atoms with E-state index in [9.17, 15) is 0 Å². The molecule has 2 atom stereocenters. The highest BCUT2D eigenvalue weighted by atomic mass is 15.2. The van der Waals surface area contributed by atoms with Gasteiger partial charge in [0.1, 0.15) is 0 Å². The number of aryl methyl sites for hydroxylation is 1. The second-order valence-electron chi connectivity index (χ2n) is 6.16. The van der Waals surface area contributed by atoms with E-state index in [-0.39, 0.29) is 0 Å². The lowest BCUT2D eigenvalue weighted by atomic mass is 9.97. The standard InChI is InChI=1S/C18H30N2/c1-5-13-20(17-11-12-17)15(4)18(19-6-2)16-9-7-14(3)8-10-16/h7-10,15,17-19H,5-6,11-13H2,1-4H3. The maximum atomic E-state index is 3.70. The van der Waals surface area contributed by atoms with Gasteiger partial charge < -0.3 is 5.32 Å². The van der Waals surface area contributed by atoms with E-state index in [0.717, 1.165) is 12.6 Å². The number of hydrogen-bond donors (Lipinski definition) is 1. The van der Waals surface area contributed by atoms with Crippen molar-refractivity contribution in [2.24, 2.45) is 0 Å². The van der Waals surface area contributed by atoms with Gasteiger partial charge in [-0.3, -0.25) is 4.90 Å². The number of likely N-dealkylation sites (N-methyl/N-ethyl adjacent to an activating group) is 1. The Labute approximate surface area is 124 Å². The van der Waals surface area contributed by atoms with Gasteiger partial charge in [0.25, 0.3) is 0 Å². The van der Waals surface area contributed by atoms with Crippen LogP contribution in [-0.4, -0.2) is 30.1 Å². The molecule has 0 aromatic heterocycles. The summed E-state index contributed by atoms with van der Waals surface area (Å²) >= 11 is 0. The van der Waals surface area contributed by atoms with Gasteiger partial charge >= 0.3 is 0 Å². The molecule has 1 saturated carbocycles. The molecular formula is C18H30N2. The van der Waals surface area contributed by atoms with Crippen molar-refractivity contribution in [2.45, 2.75) is 65.1 Å². The van der Waals surface area contributed by atoms with Crippen LogP contribution in [0.15, 0.2) is 24.3 Å². The fourth-order valence-electron chi connectivity index (χ4n) is 3.14. The van der Waals surface area contributed by atoms with Crippen LogP contribution >= 0.6 is 0 Å². The van der Waals surface area contributed by atoms with E-state index < -0.39 is 0 Å². The van der Waals surface area contributed by atoms with Gasteiger partial charge in [0, 0.05) is 18.1 Å². The van der Waals surface area contributed by atoms with Gasteiger partial charge in [0.15, 0.2) is 0 Å². The van der Waals surface area contributed by atoms with Gasteiger partial charge in [-0.25, -0.2) is 0 Å². The van der Waals surface area contributed by atoms with Crippen LogP contribution in [0.1, 0.15) is 57.2 Å². The van der Waals surface area contributed by atoms with Gasteiger partial charge in [0.2, 0.25) is 0 Å². The number of rotatable bonds is 8. The summed E-state index contributed by atoms with van der Waals surface area (Å²) in [5.74, 6) is 0. The summed E-state index contributed by atoms with van der Waals surface area (Å²) < 4.78 is 0. The molecule has 1 aromatic rings. The number of hydrogen-bond acceptors (Lipinski definition) is 2. The molecule has 1 aliphatic carbocycles. The summed E-state index contributed by atoms with van der Waals surface area (Å²) in [5, 5.41) is 3.70. The summed E-state index contributed by atoms with van der Waals surface area (Å²) in [5.41, 5.74) is 2.76. The summed E-state index contributed by atoms with van der Waals surface area (Å²) in [6, 6.07) is 10.9. The first kappa shape index (κ1) is 15.5. The fraction of sp³-hybridized carbons (Fsp3) is 0.667. The largest absolute Gasteiger partial charge is 0.309 e. The van der Waals surface area contributed by atoms with Crippen molar-refractivity contribution in [3.05, 3.63) is 35.4 Å². The Balaban J connectivity index is 2.15. The number of nitrogens with one attached hydrogen (secondary N) is 1. The van der Waals surface area contributed by atoms with E-state index >= 15 is 0 Å². The fourth-order valence-corrected chi connectivity index (χ4v) is 3.14. The average Bonchev–Trinajstić information content (AvgIpc) is 3.27. The summed E-state index contributed by atoms with van der Waals surface area (Å²) in [7, 11) is 0. The molecule has 2 rings (SSSR count). The molecule has 0 aliphatic heterocycles. The Kier molecular flexibility index (Phi) is 5.62. The minimum Gasteiger partial charge on any atom is -0.309 e. The zero-order valence-corrected chi connectivity index (χ0v) is 13.5. The van der Waals surface area contributed by atoms with Gasteiger partial charge in [-0.05, 0) is 51.8 Å². The highest BCUT2D eigenvalue weighted by molar-refractivity contribution is 5.25. The SMILES string of the molecule is CCCN(C1CC1)C(C)C(NCC)c1ccc(C)cc1. The monoisotopic (exact) mass is 274 g/mol. The van der Waals surface area contributed by atoms with Crippen LogP contribution in [0.3, 0.4) is 0 Å². The third-order valence-corrected chi connectivity index (χ3v) is 4.36. The third-order valence-electron chi connectivity index (χ3n) is 4.36. The molecule has 2 heteroatoms. The van der Waals surface area contributed by atoms with Gasteiger partial charge in [-0.15, -0.1) is 0 Å². The highest BCUT2D eigenvalue weighted by Crippen LogP contribution is 2.32. The van der Waals surface area contributed by atoms with E-state index in [1.165, 1.54) is 36.9 Å². The van der Waals surface area contributed by atoms with E-state index in [1.807, 2.05) is 0 Å². The Morgan fingerprint density at radius 3 is 2.35 bits per heavy atom. The van der Waals surface area contributed by atoms with Crippen molar-refractivity contribution in [1.82, 2.24) is 10.2 Å². The molecule has 1 aliphatic rings. The third kappa shape index (κ3) is 3.83. The number of benzene rings is 1. The molecule has 0 heterocycles. The summed E-state index contributed by atoms with van der Waals surface area (Å²) in [4.78, 5) is 2.72. The lowest BCUT2D eigenvalue weighted by Gasteiger charge is -2.35. The Morgan fingerprint density at radius 1 is 1.20 bits per heavy atom. The first-order valence-corrected chi connectivity index (χ1v) is 8.23. The smallest absolute Gasteiger partial charge is 0.0475 e. The highest BCUT2D eigenvalue weighted by Gasteiger charge is 2.34. The van der Waals surface area contributed by atoms with E-state index in [4.69, 9.17) is 0 Å². The van der Waals surface area contributed by atoms with Crippen LogP contribution in [0, 0.1) is 6.92 Å². The molecule has 0 amide bonds. The second kappa shape index (κ2) is 7.24. The zero-order chi connectivity index (χ0) is 14.5. The molecule has 2 nitrogen and oxygen atoms in total. The molecule has 0 spiro atoms. The van der Waals surface area contributed by atoms with E-state index in [2.05, 4.69) is 62.2 Å². The molecular weight excluding hydrogens is 244 g/mol. The quantitative estimate of drug-likeness (QED) is 0.773. The predicted molar refractivity (Wildman–Crippen MR) is 87.1 cm³/mol. The molecule has 1 fully saturated rings. The zero-order valence-electron chi connectivity index (χ0n) is 13.5. The lowest BCUT2D eigenvalue weighted by molar-refractivity contribution is 0.160. The average molecular weight is 274 g/mol. The van der Waals surface area contributed by atoms with Crippen molar-refractivity contribution in [2.75, 3.05) is 13.1 Å². The second-order valence-corrected chi connectivity index (χ2v) is 6.16. The number of nitrogens with zero attached hydrogens (tertiary/aromatic N) is 1. The first-order chi connectivity index (χ1) is 9.67. The topological polar surface area (TPSA) is 15.3 Å². The van der Waals surface area contributed by atoms with Crippen molar-refractivity contribution in [3.8, 4) is 0 Å². The van der Waals surface area contributed by atoms with E-state index in [0.29, 0.717) is 12.1 Å². The van der Waals surface area contributed by atoms with Crippen molar-refractivity contribution in [1.29, 1.82) is 0 Å². The first-order valence-electron chi connectivity index (χ1n) is 8.23. The van der Waals surface area contributed by atoms with Gasteiger partial charge in [0.05, 0.1) is 0 Å². The van der Waals surface area contributed by atoms with Crippen LogP contribution in [0.5, 0.6) is 0 Å². The molecule has 0 radical (unpaired) electrons. The van der Waals surface area contributed by atoms with Crippen LogP contribution < -0.4 is 5.32 Å². The minimum absolute atomic E-state index is 0.438. The molecule has 2 unspecified atom stereocenters.